The third kappa shape index (κ3) is 3.10. The summed E-state index contributed by atoms with van der Waals surface area (Å²) in [5.41, 5.74) is 1.00. The molecule has 0 unspecified atom stereocenters. The van der Waals surface area contributed by atoms with Gasteiger partial charge in [-0.2, -0.15) is 0 Å². The molecule has 1 aromatic rings. The summed E-state index contributed by atoms with van der Waals surface area (Å²) >= 11 is 0. The standard InChI is InChI=1S/C14H23N3O2/c1-10(2)15-8-11-4-5-13(14(18)19)17(11)12-6-7-16(3)9-12/h6-7,9-11,13,15H,4-5,8H2,1-3H3,(H,18,19)/t11-,13+/m1/s1. The molecule has 0 amide bonds. The van der Waals surface area contributed by atoms with Crippen LogP contribution in [0.25, 0.3) is 0 Å². The molecule has 0 spiro atoms. The van der Waals surface area contributed by atoms with E-state index in [2.05, 4.69) is 24.1 Å². The fourth-order valence-electron chi connectivity index (χ4n) is 2.73. The Hall–Kier alpha value is -1.49. The van der Waals surface area contributed by atoms with E-state index in [0.717, 1.165) is 18.7 Å². The zero-order valence-electron chi connectivity index (χ0n) is 11.8. The zero-order valence-corrected chi connectivity index (χ0v) is 11.8. The molecule has 2 atom stereocenters. The molecule has 1 saturated heterocycles. The van der Waals surface area contributed by atoms with Crippen LogP contribution in [0, 0.1) is 0 Å². The number of hydrogen-bond acceptors (Lipinski definition) is 3. The summed E-state index contributed by atoms with van der Waals surface area (Å²) in [6, 6.07) is 2.26. The number of carboxylic acid groups (broad SMARTS) is 1. The van der Waals surface area contributed by atoms with Gasteiger partial charge < -0.3 is 19.9 Å². The topological polar surface area (TPSA) is 57.5 Å². The van der Waals surface area contributed by atoms with Crippen molar-refractivity contribution >= 4 is 11.7 Å². The molecule has 0 aromatic carbocycles. The minimum absolute atomic E-state index is 0.255. The van der Waals surface area contributed by atoms with E-state index in [1.807, 2.05) is 30.1 Å². The van der Waals surface area contributed by atoms with Gasteiger partial charge in [-0.15, -0.1) is 0 Å². The van der Waals surface area contributed by atoms with E-state index in [9.17, 15) is 9.90 Å². The molecule has 106 valence electrons. The number of rotatable bonds is 5. The van der Waals surface area contributed by atoms with Crippen LogP contribution in [0.4, 0.5) is 5.69 Å². The Morgan fingerprint density at radius 3 is 2.79 bits per heavy atom. The molecule has 19 heavy (non-hydrogen) atoms. The second-order valence-corrected chi connectivity index (χ2v) is 5.59. The predicted molar refractivity (Wildman–Crippen MR) is 75.5 cm³/mol. The smallest absolute Gasteiger partial charge is 0.326 e. The third-order valence-corrected chi connectivity index (χ3v) is 3.66. The molecule has 0 bridgehead atoms. The van der Waals surface area contributed by atoms with Crippen LogP contribution in [0.3, 0.4) is 0 Å². The van der Waals surface area contributed by atoms with Crippen molar-refractivity contribution in [2.24, 2.45) is 7.05 Å². The minimum atomic E-state index is -0.726. The van der Waals surface area contributed by atoms with Crippen LogP contribution < -0.4 is 10.2 Å². The van der Waals surface area contributed by atoms with Crippen LogP contribution in [0.15, 0.2) is 18.5 Å². The second kappa shape index (κ2) is 5.65. The van der Waals surface area contributed by atoms with E-state index in [4.69, 9.17) is 0 Å². The molecular formula is C14H23N3O2. The summed E-state index contributed by atoms with van der Waals surface area (Å²) in [4.78, 5) is 13.5. The summed E-state index contributed by atoms with van der Waals surface area (Å²) in [6.45, 7) is 5.04. The van der Waals surface area contributed by atoms with Gasteiger partial charge in [0.2, 0.25) is 0 Å². The van der Waals surface area contributed by atoms with E-state index < -0.39 is 12.0 Å². The number of hydrogen-bond donors (Lipinski definition) is 2. The lowest BCUT2D eigenvalue weighted by molar-refractivity contribution is -0.138. The summed E-state index contributed by atoms with van der Waals surface area (Å²) in [6.07, 6.45) is 5.59. The number of aliphatic carboxylic acids is 1. The van der Waals surface area contributed by atoms with E-state index in [0.29, 0.717) is 12.5 Å². The van der Waals surface area contributed by atoms with Gasteiger partial charge in [-0.3, -0.25) is 0 Å². The van der Waals surface area contributed by atoms with Crippen molar-refractivity contribution in [3.05, 3.63) is 18.5 Å². The van der Waals surface area contributed by atoms with Crippen LogP contribution in [0.2, 0.25) is 0 Å². The van der Waals surface area contributed by atoms with Gasteiger partial charge in [0, 0.05) is 38.1 Å². The molecule has 2 rings (SSSR count). The first-order chi connectivity index (χ1) is 8.99. The highest BCUT2D eigenvalue weighted by Gasteiger charge is 2.38. The van der Waals surface area contributed by atoms with Crippen molar-refractivity contribution in [2.45, 2.75) is 44.8 Å². The van der Waals surface area contributed by atoms with Crippen LogP contribution in [-0.4, -0.2) is 40.3 Å². The molecule has 1 aliphatic heterocycles. The highest BCUT2D eigenvalue weighted by molar-refractivity contribution is 5.79. The summed E-state index contributed by atoms with van der Waals surface area (Å²) < 4.78 is 1.96. The fraction of sp³-hybridized carbons (Fsp3) is 0.643. The second-order valence-electron chi connectivity index (χ2n) is 5.59. The van der Waals surface area contributed by atoms with Crippen LogP contribution >= 0.6 is 0 Å². The zero-order chi connectivity index (χ0) is 14.0. The lowest BCUT2D eigenvalue weighted by Gasteiger charge is -2.30. The number of aromatic nitrogens is 1. The van der Waals surface area contributed by atoms with Crippen molar-refractivity contribution in [3.63, 3.8) is 0 Å². The Bertz CT molecular complexity index is 442. The lowest BCUT2D eigenvalue weighted by Crippen LogP contribution is -2.46. The van der Waals surface area contributed by atoms with Gasteiger partial charge in [0.05, 0.1) is 5.69 Å². The van der Waals surface area contributed by atoms with Gasteiger partial charge >= 0.3 is 5.97 Å². The van der Waals surface area contributed by atoms with Crippen LogP contribution in [0.5, 0.6) is 0 Å². The quantitative estimate of drug-likeness (QED) is 0.846. The maximum Gasteiger partial charge on any atom is 0.326 e. The first kappa shape index (κ1) is 13.9. The molecule has 1 aliphatic rings. The van der Waals surface area contributed by atoms with Crippen LogP contribution in [0.1, 0.15) is 26.7 Å². The Labute approximate surface area is 114 Å². The molecule has 0 radical (unpaired) electrons. The van der Waals surface area contributed by atoms with E-state index in [-0.39, 0.29) is 6.04 Å². The normalized spacial score (nSPS) is 23.3. The van der Waals surface area contributed by atoms with Crippen molar-refractivity contribution in [2.75, 3.05) is 11.4 Å². The average molecular weight is 265 g/mol. The molecule has 5 nitrogen and oxygen atoms in total. The van der Waals surface area contributed by atoms with Crippen molar-refractivity contribution in [3.8, 4) is 0 Å². The molecule has 5 heteroatoms. The summed E-state index contributed by atoms with van der Waals surface area (Å²) in [5.74, 6) is -0.726. The van der Waals surface area contributed by atoms with Gasteiger partial charge in [-0.25, -0.2) is 4.79 Å². The maximum atomic E-state index is 11.4. The van der Waals surface area contributed by atoms with Crippen LogP contribution in [-0.2, 0) is 11.8 Å². The molecular weight excluding hydrogens is 242 g/mol. The van der Waals surface area contributed by atoms with Gasteiger partial charge in [0.1, 0.15) is 6.04 Å². The largest absolute Gasteiger partial charge is 0.480 e. The van der Waals surface area contributed by atoms with Gasteiger partial charge in [-0.1, -0.05) is 13.8 Å². The van der Waals surface area contributed by atoms with Gasteiger partial charge in [-0.05, 0) is 18.9 Å². The Morgan fingerprint density at radius 2 is 2.26 bits per heavy atom. The number of aryl methyl sites for hydroxylation is 1. The molecule has 0 saturated carbocycles. The molecule has 1 aromatic heterocycles. The number of anilines is 1. The predicted octanol–water partition coefficient (Wildman–Crippen LogP) is 1.45. The lowest BCUT2D eigenvalue weighted by atomic mass is 10.2. The highest BCUT2D eigenvalue weighted by atomic mass is 16.4. The van der Waals surface area contributed by atoms with E-state index in [1.54, 1.807) is 0 Å². The van der Waals surface area contributed by atoms with Crippen molar-refractivity contribution in [1.82, 2.24) is 9.88 Å². The summed E-state index contributed by atoms with van der Waals surface area (Å²) in [7, 11) is 1.96. The maximum absolute atomic E-state index is 11.4. The molecule has 1 fully saturated rings. The number of nitrogens with zero attached hydrogens (tertiary/aromatic N) is 2. The van der Waals surface area contributed by atoms with Crippen molar-refractivity contribution in [1.29, 1.82) is 0 Å². The number of carboxylic acids is 1. The number of carbonyl (C=O) groups is 1. The fourth-order valence-corrected chi connectivity index (χ4v) is 2.73. The molecule has 2 N–H and O–H groups in total. The Morgan fingerprint density at radius 1 is 1.53 bits per heavy atom. The highest BCUT2D eigenvalue weighted by Crippen LogP contribution is 2.30. The summed E-state index contributed by atoms with van der Waals surface area (Å²) in [5, 5.41) is 12.8. The molecule has 2 heterocycles. The van der Waals surface area contributed by atoms with Gasteiger partial charge in [0.15, 0.2) is 0 Å². The number of nitrogens with one attached hydrogen (secondary N) is 1. The Balaban J connectivity index is 2.17. The van der Waals surface area contributed by atoms with Gasteiger partial charge in [0.25, 0.3) is 0 Å². The van der Waals surface area contributed by atoms with Crippen molar-refractivity contribution < 1.29 is 9.90 Å². The monoisotopic (exact) mass is 265 g/mol. The Kier molecular flexibility index (Phi) is 4.14. The first-order valence-corrected chi connectivity index (χ1v) is 6.85. The SMILES string of the molecule is CC(C)NC[C@H]1CC[C@@H](C(=O)O)N1c1ccn(C)c1. The average Bonchev–Trinajstić information content (AvgIpc) is 2.91. The van der Waals surface area contributed by atoms with E-state index >= 15 is 0 Å². The van der Waals surface area contributed by atoms with E-state index in [1.165, 1.54) is 0 Å². The third-order valence-electron chi connectivity index (χ3n) is 3.66. The minimum Gasteiger partial charge on any atom is -0.480 e. The molecule has 0 aliphatic carbocycles. The first-order valence-electron chi connectivity index (χ1n) is 6.85.